The van der Waals surface area contributed by atoms with Crippen LogP contribution in [0, 0.1) is 18.8 Å². The van der Waals surface area contributed by atoms with Gasteiger partial charge in [0.1, 0.15) is 18.3 Å². The largest absolute Gasteiger partial charge is 0.480 e. The van der Waals surface area contributed by atoms with Crippen molar-refractivity contribution in [2.24, 2.45) is 11.8 Å². The Morgan fingerprint density at radius 3 is 2.35 bits per heavy atom. The molecule has 1 atom stereocenters. The van der Waals surface area contributed by atoms with Crippen molar-refractivity contribution in [2.45, 2.75) is 59.9 Å². The van der Waals surface area contributed by atoms with Crippen LogP contribution in [0.1, 0.15) is 75.1 Å². The lowest BCUT2D eigenvalue weighted by Gasteiger charge is -2.18. The van der Waals surface area contributed by atoms with E-state index in [1.54, 1.807) is 6.92 Å². The van der Waals surface area contributed by atoms with Crippen molar-refractivity contribution in [3.63, 3.8) is 0 Å². The van der Waals surface area contributed by atoms with Gasteiger partial charge in [0.25, 0.3) is 5.91 Å². The molecule has 0 aliphatic rings. The molecule has 0 aliphatic carbocycles. The predicted octanol–water partition coefficient (Wildman–Crippen LogP) is 2.44. The summed E-state index contributed by atoms with van der Waals surface area (Å²) >= 11 is 0. The van der Waals surface area contributed by atoms with E-state index in [2.05, 4.69) is 29.5 Å². The lowest BCUT2D eigenvalue weighted by atomic mass is 10.0. The van der Waals surface area contributed by atoms with Gasteiger partial charge < -0.3 is 20.2 Å². The number of carboxylic acids is 1. The summed E-state index contributed by atoms with van der Waals surface area (Å²) in [6, 6.07) is -0.436. The first-order valence-electron chi connectivity index (χ1n) is 8.86. The van der Waals surface area contributed by atoms with Crippen molar-refractivity contribution >= 4 is 17.8 Å². The molecule has 8 nitrogen and oxygen atoms in total. The number of aliphatic carboxylic acids is 1. The summed E-state index contributed by atoms with van der Waals surface area (Å²) in [5.74, 6) is -0.594. The Kier molecular flexibility index (Phi) is 8.28. The van der Waals surface area contributed by atoms with Crippen molar-refractivity contribution in [3.8, 4) is 0 Å². The van der Waals surface area contributed by atoms with Crippen LogP contribution in [0.3, 0.4) is 0 Å². The Morgan fingerprint density at radius 2 is 1.81 bits per heavy atom. The second-order valence-corrected chi connectivity index (χ2v) is 7.22. The van der Waals surface area contributed by atoms with Crippen LogP contribution in [0.15, 0.2) is 4.42 Å². The van der Waals surface area contributed by atoms with Crippen molar-refractivity contribution in [3.05, 3.63) is 17.3 Å². The third-order valence-electron chi connectivity index (χ3n) is 3.72. The molecule has 26 heavy (non-hydrogen) atoms. The van der Waals surface area contributed by atoms with Crippen LogP contribution >= 0.6 is 0 Å². The molecule has 0 aliphatic heterocycles. The SMILES string of the molecule is Cc1oc([C@H](CC(C)C)NC(=O)CCC(C)C)nc1C(=O)NCC(=O)O. The van der Waals surface area contributed by atoms with Gasteiger partial charge in [0, 0.05) is 6.42 Å². The van der Waals surface area contributed by atoms with Crippen molar-refractivity contribution in [1.29, 1.82) is 0 Å². The highest BCUT2D eigenvalue weighted by atomic mass is 16.4. The number of aryl methyl sites for hydroxylation is 1. The van der Waals surface area contributed by atoms with E-state index in [1.807, 2.05) is 13.8 Å². The van der Waals surface area contributed by atoms with Crippen molar-refractivity contribution < 1.29 is 23.9 Å². The maximum absolute atomic E-state index is 12.2. The fraction of sp³-hybridized carbons (Fsp3) is 0.667. The topological polar surface area (TPSA) is 122 Å². The second kappa shape index (κ2) is 9.94. The lowest BCUT2D eigenvalue weighted by Crippen LogP contribution is -2.31. The van der Waals surface area contributed by atoms with Crippen LogP contribution < -0.4 is 10.6 Å². The van der Waals surface area contributed by atoms with Crippen LogP contribution in [0.25, 0.3) is 0 Å². The molecular weight excluding hydrogens is 338 g/mol. The van der Waals surface area contributed by atoms with E-state index in [0.717, 1.165) is 6.42 Å². The number of amides is 2. The van der Waals surface area contributed by atoms with Crippen molar-refractivity contribution in [1.82, 2.24) is 15.6 Å². The van der Waals surface area contributed by atoms with E-state index < -0.39 is 24.5 Å². The summed E-state index contributed by atoms with van der Waals surface area (Å²) < 4.78 is 5.60. The summed E-state index contributed by atoms with van der Waals surface area (Å²) in [6.07, 6.45) is 1.81. The number of carbonyl (C=O) groups excluding carboxylic acids is 2. The van der Waals surface area contributed by atoms with Crippen molar-refractivity contribution in [2.75, 3.05) is 6.54 Å². The van der Waals surface area contributed by atoms with Gasteiger partial charge in [-0.3, -0.25) is 14.4 Å². The van der Waals surface area contributed by atoms with Gasteiger partial charge in [-0.1, -0.05) is 27.7 Å². The number of aromatic nitrogens is 1. The molecule has 3 N–H and O–H groups in total. The standard InChI is InChI=1S/C18H29N3O5/c1-10(2)6-7-14(22)20-13(8-11(3)4)18-21-16(12(5)26-18)17(25)19-9-15(23)24/h10-11,13H,6-9H2,1-5H3,(H,19,25)(H,20,22)(H,23,24)/t13-/m0/s1. The number of carboxylic acid groups (broad SMARTS) is 1. The molecule has 1 aromatic heterocycles. The molecule has 8 heteroatoms. The fourth-order valence-electron chi connectivity index (χ4n) is 2.40. The Balaban J connectivity index is 2.90. The minimum Gasteiger partial charge on any atom is -0.480 e. The molecule has 0 aromatic carbocycles. The monoisotopic (exact) mass is 367 g/mol. The summed E-state index contributed by atoms with van der Waals surface area (Å²) in [7, 11) is 0. The Bertz CT molecular complexity index is 637. The predicted molar refractivity (Wildman–Crippen MR) is 95.6 cm³/mol. The van der Waals surface area contributed by atoms with E-state index >= 15 is 0 Å². The molecule has 1 rings (SSSR count). The number of carbonyl (C=O) groups is 3. The third-order valence-corrected chi connectivity index (χ3v) is 3.72. The van der Waals surface area contributed by atoms with Gasteiger partial charge in [-0.2, -0.15) is 0 Å². The maximum atomic E-state index is 12.2. The molecule has 0 saturated carbocycles. The van der Waals surface area contributed by atoms with E-state index in [4.69, 9.17) is 9.52 Å². The van der Waals surface area contributed by atoms with Gasteiger partial charge in [-0.15, -0.1) is 0 Å². The fourth-order valence-corrected chi connectivity index (χ4v) is 2.40. The summed E-state index contributed by atoms with van der Waals surface area (Å²) in [6.45, 7) is 9.23. The average molecular weight is 367 g/mol. The molecule has 146 valence electrons. The molecule has 0 bridgehead atoms. The minimum atomic E-state index is -1.14. The highest BCUT2D eigenvalue weighted by molar-refractivity contribution is 5.94. The third kappa shape index (κ3) is 7.25. The zero-order chi connectivity index (χ0) is 19.9. The zero-order valence-electron chi connectivity index (χ0n) is 16.1. The van der Waals surface area contributed by atoms with Gasteiger partial charge in [0.2, 0.25) is 11.8 Å². The number of nitrogens with zero attached hydrogens (tertiary/aromatic N) is 1. The minimum absolute atomic E-state index is 0.0337. The first-order chi connectivity index (χ1) is 12.1. The highest BCUT2D eigenvalue weighted by Gasteiger charge is 2.25. The summed E-state index contributed by atoms with van der Waals surface area (Å²) in [5.41, 5.74) is 0.0337. The molecular formula is C18H29N3O5. The highest BCUT2D eigenvalue weighted by Crippen LogP contribution is 2.23. The number of rotatable bonds is 10. The number of oxazole rings is 1. The van der Waals surface area contributed by atoms with E-state index in [1.165, 1.54) is 0 Å². The molecule has 1 aromatic rings. The molecule has 0 fully saturated rings. The smallest absolute Gasteiger partial charge is 0.322 e. The van der Waals surface area contributed by atoms with Gasteiger partial charge in [0.05, 0.1) is 0 Å². The van der Waals surface area contributed by atoms with Crippen LogP contribution in [-0.2, 0) is 9.59 Å². The van der Waals surface area contributed by atoms with Gasteiger partial charge in [-0.05, 0) is 31.6 Å². The Hall–Kier alpha value is -2.38. The average Bonchev–Trinajstić information content (AvgIpc) is 2.91. The normalized spacial score (nSPS) is 12.3. The number of hydrogen-bond donors (Lipinski definition) is 3. The number of nitrogens with one attached hydrogen (secondary N) is 2. The van der Waals surface area contributed by atoms with Gasteiger partial charge in [0.15, 0.2) is 5.69 Å². The van der Waals surface area contributed by atoms with Crippen LogP contribution in [0.2, 0.25) is 0 Å². The summed E-state index contributed by atoms with van der Waals surface area (Å²) in [4.78, 5) is 39.0. The van der Waals surface area contributed by atoms with Crippen LogP contribution in [-0.4, -0.2) is 34.4 Å². The molecule has 0 saturated heterocycles. The Labute approximate surface area is 153 Å². The molecule has 0 radical (unpaired) electrons. The molecule has 0 unspecified atom stereocenters. The zero-order valence-corrected chi connectivity index (χ0v) is 16.1. The Morgan fingerprint density at radius 1 is 1.15 bits per heavy atom. The van der Waals surface area contributed by atoms with Crippen LogP contribution in [0.4, 0.5) is 0 Å². The van der Waals surface area contributed by atoms with Gasteiger partial charge in [-0.25, -0.2) is 4.98 Å². The van der Waals surface area contributed by atoms with E-state index in [-0.39, 0.29) is 29.2 Å². The van der Waals surface area contributed by atoms with E-state index in [9.17, 15) is 14.4 Å². The summed E-state index contributed by atoms with van der Waals surface area (Å²) in [5, 5.41) is 13.8. The second-order valence-electron chi connectivity index (χ2n) is 7.22. The van der Waals surface area contributed by atoms with Crippen LogP contribution in [0.5, 0.6) is 0 Å². The number of hydrogen-bond acceptors (Lipinski definition) is 5. The van der Waals surface area contributed by atoms with Gasteiger partial charge >= 0.3 is 5.97 Å². The molecule has 2 amide bonds. The lowest BCUT2D eigenvalue weighted by molar-refractivity contribution is -0.135. The molecule has 1 heterocycles. The first-order valence-corrected chi connectivity index (χ1v) is 8.86. The quantitative estimate of drug-likeness (QED) is 0.584. The first kappa shape index (κ1) is 21.7. The maximum Gasteiger partial charge on any atom is 0.322 e. The van der Waals surface area contributed by atoms with E-state index in [0.29, 0.717) is 18.8 Å². The molecule has 0 spiro atoms.